The standard InChI is InChI=1S/C13H15N3O2S/c1-16-13(9-12(14-16)10-7-8-10)15-19(17,18)11-5-3-2-4-6-11/h2-6,9-10H,7-8H2,1H3,(H-,15,17,18). The number of benzene rings is 1. The quantitative estimate of drug-likeness (QED) is 0.872. The Morgan fingerprint density at radius 1 is 1.37 bits per heavy atom. The number of aromatic nitrogens is 2. The Balaban J connectivity index is 1.86. The Morgan fingerprint density at radius 2 is 2.05 bits per heavy atom. The molecule has 0 radical (unpaired) electrons. The first-order chi connectivity index (χ1) is 9.06. The summed E-state index contributed by atoms with van der Waals surface area (Å²) < 4.78 is 28.5. The second kappa shape index (κ2) is 4.47. The van der Waals surface area contributed by atoms with Gasteiger partial charge in [0.1, 0.15) is 0 Å². The summed E-state index contributed by atoms with van der Waals surface area (Å²) in [7, 11) is -1.79. The van der Waals surface area contributed by atoms with Crippen molar-refractivity contribution >= 4 is 16.2 Å². The summed E-state index contributed by atoms with van der Waals surface area (Å²) in [6.45, 7) is 0. The fraction of sp³-hybridized carbons (Fsp3) is 0.308. The van der Waals surface area contributed by atoms with Crippen molar-refractivity contribution < 1.29 is 8.76 Å². The molecular weight excluding hydrogens is 262 g/mol. The number of nitrogens with one attached hydrogen (secondary N) is 1. The van der Waals surface area contributed by atoms with Gasteiger partial charge in [-0.25, -0.2) is 4.68 Å². The van der Waals surface area contributed by atoms with Gasteiger partial charge in [0.15, 0.2) is 21.1 Å². The minimum Gasteiger partial charge on any atom is -0.588 e. The van der Waals surface area contributed by atoms with Crippen molar-refractivity contribution in [1.82, 2.24) is 9.78 Å². The van der Waals surface area contributed by atoms with E-state index in [0.29, 0.717) is 11.7 Å². The molecule has 1 heterocycles. The van der Waals surface area contributed by atoms with Gasteiger partial charge in [0.25, 0.3) is 0 Å². The summed E-state index contributed by atoms with van der Waals surface area (Å²) in [6, 6.07) is 10.1. The van der Waals surface area contributed by atoms with Crippen LogP contribution in [0.5, 0.6) is 0 Å². The summed E-state index contributed by atoms with van der Waals surface area (Å²) in [5.41, 5.74) is 0.966. The van der Waals surface area contributed by atoms with Crippen LogP contribution >= 0.6 is 0 Å². The Labute approximate surface area is 113 Å². The van der Waals surface area contributed by atoms with E-state index < -0.39 is 10.4 Å². The molecular formula is C13H15N3O2S. The van der Waals surface area contributed by atoms with Crippen molar-refractivity contribution in [2.45, 2.75) is 23.7 Å². The van der Waals surface area contributed by atoms with Gasteiger partial charge in [0.2, 0.25) is 0 Å². The molecule has 5 nitrogen and oxygen atoms in total. The summed E-state index contributed by atoms with van der Waals surface area (Å²) in [4.78, 5) is 0.254. The van der Waals surface area contributed by atoms with Crippen molar-refractivity contribution in [3.05, 3.63) is 42.1 Å². The highest BCUT2D eigenvalue weighted by atomic mass is 32.3. The first kappa shape index (κ1) is 12.4. The molecule has 1 unspecified atom stereocenters. The summed E-state index contributed by atoms with van der Waals surface area (Å²) in [5, 5.41) is 4.34. The molecule has 19 heavy (non-hydrogen) atoms. The molecule has 100 valence electrons. The van der Waals surface area contributed by atoms with Crippen LogP contribution in [0.4, 0.5) is 5.82 Å². The van der Waals surface area contributed by atoms with Crippen molar-refractivity contribution in [3.8, 4) is 0 Å². The second-order valence-corrected chi connectivity index (χ2v) is 6.45. The third kappa shape index (κ3) is 2.54. The van der Waals surface area contributed by atoms with Crippen LogP contribution in [-0.2, 0) is 21.7 Å². The van der Waals surface area contributed by atoms with E-state index in [9.17, 15) is 8.76 Å². The van der Waals surface area contributed by atoms with Crippen molar-refractivity contribution in [2.24, 2.45) is 7.05 Å². The van der Waals surface area contributed by atoms with Gasteiger partial charge in [-0.3, -0.25) is 0 Å². The largest absolute Gasteiger partial charge is 0.588 e. The smallest absolute Gasteiger partial charge is 0.181 e. The zero-order chi connectivity index (χ0) is 13.5. The molecule has 0 amide bonds. The van der Waals surface area contributed by atoms with Crippen LogP contribution in [0.15, 0.2) is 41.3 Å². The second-order valence-electron chi connectivity index (χ2n) is 4.77. The van der Waals surface area contributed by atoms with Crippen LogP contribution < -0.4 is 4.72 Å². The lowest BCUT2D eigenvalue weighted by Gasteiger charge is -2.15. The third-order valence-corrected chi connectivity index (χ3v) is 4.56. The Morgan fingerprint density at radius 3 is 2.68 bits per heavy atom. The summed E-state index contributed by atoms with van der Waals surface area (Å²) in [6.07, 6.45) is 2.28. The number of nitrogens with zero attached hydrogens (tertiary/aromatic N) is 2. The Kier molecular flexibility index (Phi) is 2.91. The van der Waals surface area contributed by atoms with Gasteiger partial charge in [-0.1, -0.05) is 22.4 Å². The average molecular weight is 277 g/mol. The van der Waals surface area contributed by atoms with E-state index in [2.05, 4.69) is 9.82 Å². The van der Waals surface area contributed by atoms with E-state index in [0.717, 1.165) is 18.5 Å². The fourth-order valence-electron chi connectivity index (χ4n) is 1.96. The van der Waals surface area contributed by atoms with Gasteiger partial charge < -0.3 is 4.55 Å². The molecule has 1 aliphatic rings. The number of aryl methyl sites for hydroxylation is 1. The topological polar surface area (TPSA) is 70.0 Å². The van der Waals surface area contributed by atoms with Gasteiger partial charge in [0, 0.05) is 19.0 Å². The lowest BCUT2D eigenvalue weighted by atomic mass is 10.3. The van der Waals surface area contributed by atoms with Crippen molar-refractivity contribution in [1.29, 1.82) is 0 Å². The van der Waals surface area contributed by atoms with E-state index in [1.54, 1.807) is 42.1 Å². The molecule has 6 heteroatoms. The first-order valence-corrected chi connectivity index (χ1v) is 7.66. The van der Waals surface area contributed by atoms with E-state index in [1.165, 1.54) is 0 Å². The number of hydrogen-bond donors (Lipinski definition) is 1. The highest BCUT2D eigenvalue weighted by Gasteiger charge is 2.28. The van der Waals surface area contributed by atoms with Crippen LogP contribution in [0.3, 0.4) is 0 Å². The number of hydrogen-bond acceptors (Lipinski definition) is 3. The number of rotatable bonds is 4. The van der Waals surface area contributed by atoms with E-state index in [1.807, 2.05) is 6.07 Å². The van der Waals surface area contributed by atoms with Crippen LogP contribution in [-0.4, -0.2) is 14.3 Å². The molecule has 1 fully saturated rings. The fourth-order valence-corrected chi connectivity index (χ4v) is 3.06. The zero-order valence-corrected chi connectivity index (χ0v) is 11.4. The van der Waals surface area contributed by atoms with Gasteiger partial charge >= 0.3 is 0 Å². The maximum Gasteiger partial charge on any atom is 0.181 e. The normalized spacial score (nSPS) is 18.0. The van der Waals surface area contributed by atoms with Crippen LogP contribution in [0.2, 0.25) is 0 Å². The van der Waals surface area contributed by atoms with Crippen LogP contribution in [0.25, 0.3) is 0 Å². The molecule has 0 aliphatic heterocycles. The predicted molar refractivity (Wildman–Crippen MR) is 72.3 cm³/mol. The molecule has 0 spiro atoms. The average Bonchev–Trinajstić information content (AvgIpc) is 3.17. The highest BCUT2D eigenvalue weighted by Crippen LogP contribution is 2.40. The maximum absolute atomic E-state index is 12.2. The lowest BCUT2D eigenvalue weighted by molar-refractivity contribution is 0.483. The van der Waals surface area contributed by atoms with Gasteiger partial charge in [-0.2, -0.15) is 9.82 Å². The zero-order valence-electron chi connectivity index (χ0n) is 10.6. The van der Waals surface area contributed by atoms with E-state index >= 15 is 0 Å². The predicted octanol–water partition coefficient (Wildman–Crippen LogP) is 2.31. The van der Waals surface area contributed by atoms with Gasteiger partial charge in [0.05, 0.1) is 5.69 Å². The number of sulfonamides is 1. The molecule has 2 aromatic rings. The van der Waals surface area contributed by atoms with Crippen LogP contribution in [0, 0.1) is 0 Å². The molecule has 1 aliphatic carbocycles. The summed E-state index contributed by atoms with van der Waals surface area (Å²) >= 11 is 0. The highest BCUT2D eigenvalue weighted by molar-refractivity contribution is 7.98. The molecule has 0 saturated heterocycles. The molecule has 1 saturated carbocycles. The van der Waals surface area contributed by atoms with Crippen LogP contribution in [0.1, 0.15) is 24.5 Å². The van der Waals surface area contributed by atoms with E-state index in [4.69, 9.17) is 0 Å². The minimum absolute atomic E-state index is 0.254. The Hall–Kier alpha value is -1.66. The lowest BCUT2D eigenvalue weighted by Crippen LogP contribution is -2.22. The molecule has 0 bridgehead atoms. The molecule has 1 N–H and O–H groups in total. The van der Waals surface area contributed by atoms with E-state index in [-0.39, 0.29) is 4.90 Å². The minimum atomic E-state index is -3.54. The molecule has 1 aromatic heterocycles. The van der Waals surface area contributed by atoms with Crippen molar-refractivity contribution in [3.63, 3.8) is 0 Å². The third-order valence-electron chi connectivity index (χ3n) is 3.19. The monoisotopic (exact) mass is 277 g/mol. The number of anilines is 1. The van der Waals surface area contributed by atoms with Crippen molar-refractivity contribution in [2.75, 3.05) is 4.72 Å². The SMILES string of the molecule is Cn1nc(C2CC2)cc1N[S+](=O)([O-])c1ccccc1. The molecule has 3 rings (SSSR count). The Bertz CT molecular complexity index is 635. The molecule has 1 atom stereocenters. The summed E-state index contributed by atoms with van der Waals surface area (Å²) in [5.74, 6) is 1.01. The molecule has 1 aromatic carbocycles. The first-order valence-electron chi connectivity index (χ1n) is 6.18. The maximum atomic E-state index is 12.2. The van der Waals surface area contributed by atoms with Gasteiger partial charge in [-0.15, -0.1) is 0 Å². The van der Waals surface area contributed by atoms with Gasteiger partial charge in [-0.05, 0) is 25.0 Å².